The van der Waals surface area contributed by atoms with Crippen molar-refractivity contribution in [3.63, 3.8) is 0 Å². The fourth-order valence-corrected chi connectivity index (χ4v) is 2.13. The van der Waals surface area contributed by atoms with Crippen molar-refractivity contribution in [2.45, 2.75) is 0 Å². The van der Waals surface area contributed by atoms with Crippen molar-refractivity contribution >= 4 is 34.8 Å². The SMILES string of the molecule is O=C1C=CC(Cl)=C/C1=C/NCCN/C=C1/C=C(Cl)C=CC1=O.[Mn]. The number of carbonyl (C=O) groups excluding carboxylic acids is 2. The maximum atomic E-state index is 11.5. The van der Waals surface area contributed by atoms with Crippen LogP contribution in [0.1, 0.15) is 0 Å². The van der Waals surface area contributed by atoms with Crippen LogP contribution in [0.2, 0.25) is 0 Å². The molecule has 121 valence electrons. The fourth-order valence-electron chi connectivity index (χ4n) is 1.77. The molecule has 2 aliphatic rings. The summed E-state index contributed by atoms with van der Waals surface area (Å²) in [5.41, 5.74) is 1.02. The largest absolute Gasteiger partial charge is 0.389 e. The normalized spacial score (nSPS) is 20.3. The quantitative estimate of drug-likeness (QED) is 0.429. The van der Waals surface area contributed by atoms with Gasteiger partial charge >= 0.3 is 0 Å². The molecule has 0 saturated heterocycles. The van der Waals surface area contributed by atoms with Crippen LogP contribution in [0.15, 0.2) is 70.1 Å². The smallest absolute Gasteiger partial charge is 0.187 e. The Morgan fingerprint density at radius 1 is 0.783 bits per heavy atom. The van der Waals surface area contributed by atoms with Crippen molar-refractivity contribution in [3.05, 3.63) is 70.1 Å². The Bertz CT molecular complexity index is 616. The molecule has 0 aromatic heterocycles. The first-order valence-electron chi connectivity index (χ1n) is 6.62. The van der Waals surface area contributed by atoms with E-state index in [1.807, 2.05) is 0 Å². The minimum atomic E-state index is -0.0913. The van der Waals surface area contributed by atoms with Crippen LogP contribution >= 0.6 is 23.2 Å². The van der Waals surface area contributed by atoms with E-state index in [1.54, 1.807) is 36.7 Å². The maximum Gasteiger partial charge on any atom is 0.187 e. The van der Waals surface area contributed by atoms with E-state index in [9.17, 15) is 9.59 Å². The van der Waals surface area contributed by atoms with Crippen LogP contribution in [-0.2, 0) is 26.7 Å². The van der Waals surface area contributed by atoms with Gasteiger partial charge in [0, 0.05) is 63.8 Å². The molecule has 0 bridgehead atoms. The molecule has 0 fully saturated rings. The van der Waals surface area contributed by atoms with Crippen molar-refractivity contribution < 1.29 is 26.7 Å². The average molecular weight is 392 g/mol. The second kappa shape index (κ2) is 9.58. The van der Waals surface area contributed by atoms with Gasteiger partial charge in [-0.25, -0.2) is 0 Å². The van der Waals surface area contributed by atoms with Crippen LogP contribution in [0.3, 0.4) is 0 Å². The third-order valence-electron chi connectivity index (χ3n) is 2.87. The van der Waals surface area contributed by atoms with Crippen LogP contribution in [0.5, 0.6) is 0 Å². The van der Waals surface area contributed by atoms with Gasteiger partial charge in [0.15, 0.2) is 11.6 Å². The third kappa shape index (κ3) is 6.24. The Labute approximate surface area is 155 Å². The molecule has 0 aromatic rings. The molecule has 0 aromatic carbocycles. The number of allylic oxidation sites excluding steroid dienone is 10. The first kappa shape index (κ1) is 19.5. The van der Waals surface area contributed by atoms with Gasteiger partial charge in [-0.3, -0.25) is 9.59 Å². The predicted octanol–water partition coefficient (Wildman–Crippen LogP) is 2.45. The van der Waals surface area contributed by atoms with E-state index in [2.05, 4.69) is 10.6 Å². The van der Waals surface area contributed by atoms with Crippen molar-refractivity contribution in [2.24, 2.45) is 0 Å². The van der Waals surface area contributed by atoms with Gasteiger partial charge in [0.2, 0.25) is 0 Å². The van der Waals surface area contributed by atoms with E-state index < -0.39 is 0 Å². The van der Waals surface area contributed by atoms with E-state index in [0.717, 1.165) is 0 Å². The summed E-state index contributed by atoms with van der Waals surface area (Å²) in [4.78, 5) is 23.1. The Morgan fingerprint density at radius 2 is 1.17 bits per heavy atom. The Morgan fingerprint density at radius 3 is 1.57 bits per heavy atom. The molecule has 2 rings (SSSR count). The molecule has 7 heteroatoms. The van der Waals surface area contributed by atoms with Crippen molar-refractivity contribution in [2.75, 3.05) is 13.1 Å². The van der Waals surface area contributed by atoms with Crippen molar-refractivity contribution in [1.82, 2.24) is 10.6 Å². The molecule has 0 atom stereocenters. The summed E-state index contributed by atoms with van der Waals surface area (Å²) in [5.74, 6) is -0.183. The topological polar surface area (TPSA) is 58.2 Å². The van der Waals surface area contributed by atoms with E-state index in [0.29, 0.717) is 34.3 Å². The molecule has 0 aliphatic heterocycles. The molecule has 4 nitrogen and oxygen atoms in total. The van der Waals surface area contributed by atoms with Crippen molar-refractivity contribution in [3.8, 4) is 0 Å². The van der Waals surface area contributed by atoms with Gasteiger partial charge in [0.25, 0.3) is 0 Å². The molecule has 2 N–H and O–H groups in total. The number of carbonyl (C=O) groups is 2. The number of halogens is 2. The fraction of sp³-hybridized carbons (Fsp3) is 0.125. The average Bonchev–Trinajstić information content (AvgIpc) is 2.49. The summed E-state index contributed by atoms with van der Waals surface area (Å²) < 4.78 is 0. The molecule has 0 saturated carbocycles. The molecular weight excluding hydrogens is 378 g/mol. The predicted molar refractivity (Wildman–Crippen MR) is 88.3 cm³/mol. The number of hydrogen-bond acceptors (Lipinski definition) is 4. The standard InChI is InChI=1S/C16H14Cl2N2O2.Mn/c17-13-1-3-15(21)11(7-13)9-19-5-6-20-10-12-8-14(18)2-4-16(12)22;/h1-4,7-10,19-20H,5-6H2;/b11-9-,12-10-;. The monoisotopic (exact) mass is 391 g/mol. The van der Waals surface area contributed by atoms with E-state index in [4.69, 9.17) is 23.2 Å². The number of hydrogen-bond donors (Lipinski definition) is 2. The zero-order valence-corrected chi connectivity index (χ0v) is 14.7. The molecule has 2 aliphatic carbocycles. The number of nitrogens with one attached hydrogen (secondary N) is 2. The van der Waals surface area contributed by atoms with Crippen molar-refractivity contribution in [1.29, 1.82) is 0 Å². The maximum absolute atomic E-state index is 11.5. The van der Waals surface area contributed by atoms with Gasteiger partial charge in [-0.1, -0.05) is 23.2 Å². The summed E-state index contributed by atoms with van der Waals surface area (Å²) in [6.07, 6.45) is 12.4. The first-order chi connectivity index (χ1) is 10.6. The Hall–Kier alpha value is -1.52. The minimum Gasteiger partial charge on any atom is -0.389 e. The summed E-state index contributed by atoms with van der Waals surface area (Å²) in [6.45, 7) is 1.16. The summed E-state index contributed by atoms with van der Waals surface area (Å²) >= 11 is 11.7. The van der Waals surface area contributed by atoms with Crippen LogP contribution in [0, 0.1) is 0 Å². The zero-order chi connectivity index (χ0) is 15.9. The van der Waals surface area contributed by atoms with Crippen LogP contribution < -0.4 is 10.6 Å². The zero-order valence-electron chi connectivity index (χ0n) is 12.0. The molecule has 0 heterocycles. The second-order valence-electron chi connectivity index (χ2n) is 4.56. The van der Waals surface area contributed by atoms with Crippen LogP contribution in [0.4, 0.5) is 0 Å². The van der Waals surface area contributed by atoms with E-state index in [-0.39, 0.29) is 28.6 Å². The summed E-state index contributed by atoms with van der Waals surface area (Å²) in [7, 11) is 0. The van der Waals surface area contributed by atoms with Gasteiger partial charge in [-0.05, 0) is 36.5 Å². The van der Waals surface area contributed by atoms with Gasteiger partial charge in [-0.2, -0.15) is 0 Å². The summed E-state index contributed by atoms with van der Waals surface area (Å²) in [5, 5.41) is 7.06. The Kier molecular flexibility index (Phi) is 8.13. The molecular formula is C16H14Cl2MnN2O2. The summed E-state index contributed by atoms with van der Waals surface area (Å²) in [6, 6.07) is 0. The minimum absolute atomic E-state index is 0. The number of rotatable bonds is 5. The first-order valence-corrected chi connectivity index (χ1v) is 7.38. The van der Waals surface area contributed by atoms with E-state index in [1.165, 1.54) is 12.2 Å². The second-order valence-corrected chi connectivity index (χ2v) is 5.43. The van der Waals surface area contributed by atoms with Crippen LogP contribution in [0.25, 0.3) is 0 Å². The van der Waals surface area contributed by atoms with E-state index >= 15 is 0 Å². The van der Waals surface area contributed by atoms with Gasteiger partial charge < -0.3 is 10.6 Å². The Balaban J connectivity index is 0.00000264. The van der Waals surface area contributed by atoms with Gasteiger partial charge in [0.1, 0.15) is 0 Å². The van der Waals surface area contributed by atoms with Crippen LogP contribution in [-0.4, -0.2) is 24.7 Å². The van der Waals surface area contributed by atoms with Gasteiger partial charge in [-0.15, -0.1) is 0 Å². The molecule has 0 spiro atoms. The number of ketones is 2. The third-order valence-corrected chi connectivity index (χ3v) is 3.34. The van der Waals surface area contributed by atoms with Gasteiger partial charge in [0.05, 0.1) is 0 Å². The molecule has 1 radical (unpaired) electrons. The molecule has 23 heavy (non-hydrogen) atoms. The molecule has 0 amide bonds. The molecule has 0 unspecified atom stereocenters.